The van der Waals surface area contributed by atoms with Crippen LogP contribution < -0.4 is 4.74 Å². The van der Waals surface area contributed by atoms with E-state index in [2.05, 4.69) is 63.0 Å². The molecule has 1 atom stereocenters. The van der Waals surface area contributed by atoms with E-state index < -0.39 is 0 Å². The Morgan fingerprint density at radius 2 is 1.78 bits per heavy atom. The summed E-state index contributed by atoms with van der Waals surface area (Å²) in [5.74, 6) is 2.46. The Labute approximate surface area is 215 Å². The number of ether oxygens (including phenoxy) is 1. The van der Waals surface area contributed by atoms with Crippen molar-refractivity contribution in [3.63, 3.8) is 0 Å². The van der Waals surface area contributed by atoms with Gasteiger partial charge in [-0.2, -0.15) is 4.98 Å². The predicted molar refractivity (Wildman–Crippen MR) is 144 cm³/mol. The number of hydrogen-bond acceptors (Lipinski definition) is 4. The summed E-state index contributed by atoms with van der Waals surface area (Å²) in [4.78, 5) is 27.7. The number of benzene rings is 2. The number of imidazole rings is 1. The Bertz CT molecular complexity index is 1610. The summed E-state index contributed by atoms with van der Waals surface area (Å²) < 4.78 is 7.64. The zero-order valence-electron chi connectivity index (χ0n) is 20.9. The van der Waals surface area contributed by atoms with Gasteiger partial charge in [0.25, 0.3) is 0 Å². The molecule has 0 radical (unpaired) electrons. The van der Waals surface area contributed by atoms with Crippen LogP contribution in [0.25, 0.3) is 44.6 Å². The summed E-state index contributed by atoms with van der Waals surface area (Å²) in [5, 5.41) is 1.21. The van der Waals surface area contributed by atoms with Crippen LogP contribution >= 0.6 is 0 Å². The van der Waals surface area contributed by atoms with Gasteiger partial charge in [0, 0.05) is 48.9 Å². The molecule has 0 unspecified atom stereocenters. The molecule has 2 aliphatic rings. The molecule has 1 amide bonds. The molecule has 3 aromatic heterocycles. The molecule has 2 fully saturated rings. The van der Waals surface area contributed by atoms with Gasteiger partial charge in [-0.15, -0.1) is 0 Å². The van der Waals surface area contributed by atoms with E-state index in [1.54, 1.807) is 7.11 Å². The number of nitrogens with one attached hydrogen (secondary N) is 1. The smallest absolute Gasteiger partial charge is 0.225 e. The highest BCUT2D eigenvalue weighted by molar-refractivity contribution is 5.85. The molecule has 37 heavy (non-hydrogen) atoms. The summed E-state index contributed by atoms with van der Waals surface area (Å²) in [6.07, 6.45) is 5.07. The van der Waals surface area contributed by atoms with E-state index in [1.165, 1.54) is 10.9 Å². The highest BCUT2D eigenvalue weighted by Gasteiger charge is 2.37. The molecule has 0 bridgehead atoms. The molecule has 2 aromatic carbocycles. The van der Waals surface area contributed by atoms with Crippen LogP contribution in [0.1, 0.15) is 19.3 Å². The number of methoxy groups -OCH3 is 1. The fraction of sp³-hybridized carbons (Fsp3) is 0.300. The second kappa shape index (κ2) is 8.76. The van der Waals surface area contributed by atoms with E-state index >= 15 is 0 Å². The first-order chi connectivity index (χ1) is 18.2. The van der Waals surface area contributed by atoms with Crippen molar-refractivity contribution in [1.82, 2.24) is 24.4 Å². The summed E-state index contributed by atoms with van der Waals surface area (Å²) in [6, 6.07) is 21.0. The number of hydrogen-bond donors (Lipinski definition) is 1. The number of nitrogens with zero attached hydrogens (tertiary/aromatic N) is 4. The summed E-state index contributed by atoms with van der Waals surface area (Å²) in [6.45, 7) is 2.42. The highest BCUT2D eigenvalue weighted by atomic mass is 16.5. The Morgan fingerprint density at radius 1 is 0.973 bits per heavy atom. The minimum atomic E-state index is 0.269. The van der Waals surface area contributed by atoms with Crippen LogP contribution in [0.15, 0.2) is 66.9 Å². The molecule has 1 aliphatic heterocycles. The standard InChI is InChI=1S/C30H29N5O2/c1-37-27-11-10-25-29(33-27)35(18-19-13-15-34(17-19)30(36)23-7-8-23)28(32-25)22-5-2-20(3-6-22)24-9-4-21-12-14-31-26(21)16-24/h2-6,9-12,14,16,19,23,31H,7-8,13,15,17-18H2,1H3/t19-/m1/s1. The second-order valence-electron chi connectivity index (χ2n) is 10.3. The number of amides is 1. The topological polar surface area (TPSA) is 76.0 Å². The Balaban J connectivity index is 1.22. The van der Waals surface area contributed by atoms with E-state index in [-0.39, 0.29) is 5.92 Å². The Morgan fingerprint density at radius 3 is 2.59 bits per heavy atom. The molecule has 1 aliphatic carbocycles. The van der Waals surface area contributed by atoms with Crippen molar-refractivity contribution in [1.29, 1.82) is 0 Å². The number of H-pyrrole nitrogens is 1. The van der Waals surface area contributed by atoms with Crippen LogP contribution in [0.4, 0.5) is 0 Å². The maximum Gasteiger partial charge on any atom is 0.225 e. The summed E-state index contributed by atoms with van der Waals surface area (Å²) >= 11 is 0. The minimum absolute atomic E-state index is 0.269. The third-order valence-electron chi connectivity index (χ3n) is 7.77. The molecule has 4 heterocycles. The molecular weight excluding hydrogens is 462 g/mol. The number of likely N-dealkylation sites (tertiary alicyclic amines) is 1. The second-order valence-corrected chi connectivity index (χ2v) is 10.3. The van der Waals surface area contributed by atoms with Gasteiger partial charge < -0.3 is 19.2 Å². The van der Waals surface area contributed by atoms with Crippen molar-refractivity contribution in [3.8, 4) is 28.4 Å². The van der Waals surface area contributed by atoms with Crippen molar-refractivity contribution < 1.29 is 9.53 Å². The number of fused-ring (bicyclic) bond motifs is 2. The fourth-order valence-electron chi connectivity index (χ4n) is 5.56. The molecule has 7 nitrogen and oxygen atoms in total. The third-order valence-corrected chi connectivity index (χ3v) is 7.77. The van der Waals surface area contributed by atoms with Crippen molar-refractivity contribution in [2.24, 2.45) is 11.8 Å². The molecule has 0 spiro atoms. The van der Waals surface area contributed by atoms with Crippen LogP contribution in [0.2, 0.25) is 0 Å². The average molecular weight is 492 g/mol. The normalized spacial score (nSPS) is 17.6. The lowest BCUT2D eigenvalue weighted by molar-refractivity contribution is -0.131. The van der Waals surface area contributed by atoms with Gasteiger partial charge in [0.2, 0.25) is 11.8 Å². The lowest BCUT2D eigenvalue weighted by atomic mass is 10.0. The van der Waals surface area contributed by atoms with Gasteiger partial charge in [0.05, 0.1) is 7.11 Å². The maximum absolute atomic E-state index is 12.6. The number of aromatic nitrogens is 4. The van der Waals surface area contributed by atoms with Gasteiger partial charge in [0.1, 0.15) is 11.3 Å². The molecule has 1 saturated carbocycles. The number of rotatable bonds is 6. The molecule has 1 N–H and O–H groups in total. The highest BCUT2D eigenvalue weighted by Crippen LogP contribution is 2.34. The van der Waals surface area contributed by atoms with Crippen LogP contribution in [-0.4, -0.2) is 50.5 Å². The Kier molecular flexibility index (Phi) is 5.23. The van der Waals surface area contributed by atoms with Crippen LogP contribution in [0, 0.1) is 11.8 Å². The maximum atomic E-state index is 12.6. The van der Waals surface area contributed by atoms with E-state index in [0.717, 1.165) is 72.5 Å². The average Bonchev–Trinajstić information content (AvgIpc) is 3.33. The molecule has 186 valence electrons. The fourth-order valence-corrected chi connectivity index (χ4v) is 5.56. The van der Waals surface area contributed by atoms with Gasteiger partial charge >= 0.3 is 0 Å². The lowest BCUT2D eigenvalue weighted by Gasteiger charge is -2.17. The van der Waals surface area contributed by atoms with Crippen molar-refractivity contribution in [2.45, 2.75) is 25.8 Å². The van der Waals surface area contributed by atoms with Crippen molar-refractivity contribution >= 4 is 28.0 Å². The molecule has 7 heteroatoms. The van der Waals surface area contributed by atoms with Crippen LogP contribution in [0.5, 0.6) is 5.88 Å². The number of pyridine rings is 1. The SMILES string of the molecule is COc1ccc2nc(-c3ccc(-c4ccc5cc[nH]c5c4)cc3)n(C[C@@H]3CCN(C(=O)C4CC4)C3)c2n1. The molecular formula is C30H29N5O2. The quantitative estimate of drug-likeness (QED) is 0.340. The molecule has 1 saturated heterocycles. The van der Waals surface area contributed by atoms with Crippen LogP contribution in [-0.2, 0) is 11.3 Å². The van der Waals surface area contributed by atoms with E-state index in [9.17, 15) is 4.79 Å². The first kappa shape index (κ1) is 22.1. The van der Waals surface area contributed by atoms with Gasteiger partial charge in [0.15, 0.2) is 5.65 Å². The predicted octanol–water partition coefficient (Wildman–Crippen LogP) is 5.51. The monoisotopic (exact) mass is 491 g/mol. The minimum Gasteiger partial charge on any atom is -0.481 e. The van der Waals surface area contributed by atoms with Gasteiger partial charge in [-0.3, -0.25) is 4.79 Å². The third kappa shape index (κ3) is 4.04. The number of carbonyl (C=O) groups is 1. The summed E-state index contributed by atoms with van der Waals surface area (Å²) in [5.41, 5.74) is 6.18. The van der Waals surface area contributed by atoms with Gasteiger partial charge in [-0.1, -0.05) is 36.4 Å². The zero-order chi connectivity index (χ0) is 24.9. The zero-order valence-corrected chi connectivity index (χ0v) is 20.9. The first-order valence-corrected chi connectivity index (χ1v) is 13.0. The van der Waals surface area contributed by atoms with Crippen LogP contribution in [0.3, 0.4) is 0 Å². The Hall–Kier alpha value is -4.13. The number of carbonyl (C=O) groups excluding carboxylic acids is 1. The lowest BCUT2D eigenvalue weighted by Crippen LogP contribution is -2.30. The van der Waals surface area contributed by atoms with E-state index in [1.807, 2.05) is 18.3 Å². The summed E-state index contributed by atoms with van der Waals surface area (Å²) in [7, 11) is 1.64. The van der Waals surface area contributed by atoms with E-state index in [4.69, 9.17) is 14.7 Å². The van der Waals surface area contributed by atoms with Gasteiger partial charge in [-0.25, -0.2) is 4.98 Å². The van der Waals surface area contributed by atoms with Crippen molar-refractivity contribution in [3.05, 3.63) is 66.9 Å². The van der Waals surface area contributed by atoms with Crippen molar-refractivity contribution in [2.75, 3.05) is 20.2 Å². The number of aromatic amines is 1. The molecule has 5 aromatic rings. The van der Waals surface area contributed by atoms with Gasteiger partial charge in [-0.05, 0) is 59.9 Å². The van der Waals surface area contributed by atoms with E-state index in [0.29, 0.717) is 17.7 Å². The molecule has 7 rings (SSSR count). The largest absolute Gasteiger partial charge is 0.481 e. The first-order valence-electron chi connectivity index (χ1n) is 13.0.